The molecule has 0 saturated carbocycles. The monoisotopic (exact) mass is 273 g/mol. The second kappa shape index (κ2) is 5.48. The Morgan fingerprint density at radius 2 is 1.72 bits per heavy atom. The van der Waals surface area contributed by atoms with E-state index in [1.165, 1.54) is 0 Å². The summed E-state index contributed by atoms with van der Waals surface area (Å²) in [6.07, 6.45) is -0.427. The molecular formula is C12H19NO4S. The zero-order valence-corrected chi connectivity index (χ0v) is 11.5. The highest BCUT2D eigenvalue weighted by Crippen LogP contribution is 2.27. The molecule has 0 aliphatic carbocycles. The van der Waals surface area contributed by atoms with Crippen molar-refractivity contribution in [2.75, 3.05) is 13.1 Å². The third-order valence-corrected chi connectivity index (χ3v) is 4.53. The van der Waals surface area contributed by atoms with E-state index in [9.17, 15) is 9.59 Å². The zero-order chi connectivity index (χ0) is 13.3. The summed E-state index contributed by atoms with van der Waals surface area (Å²) >= 11 is 1.88. The van der Waals surface area contributed by atoms with Gasteiger partial charge in [0.05, 0.1) is 0 Å². The molecule has 4 atom stereocenters. The van der Waals surface area contributed by atoms with Crippen molar-refractivity contribution in [1.29, 1.82) is 0 Å². The highest BCUT2D eigenvalue weighted by atomic mass is 32.2. The average molecular weight is 273 g/mol. The average Bonchev–Trinajstić information content (AvgIpc) is 2.75. The maximum Gasteiger partial charge on any atom is 0.332 e. The summed E-state index contributed by atoms with van der Waals surface area (Å²) < 4.78 is 5.31. The van der Waals surface area contributed by atoms with Crippen LogP contribution in [-0.2, 0) is 14.3 Å². The first-order valence-corrected chi connectivity index (χ1v) is 7.24. The Morgan fingerprint density at radius 1 is 1.17 bits per heavy atom. The highest BCUT2D eigenvalue weighted by molar-refractivity contribution is 8.00. The van der Waals surface area contributed by atoms with Crippen LogP contribution in [0.5, 0.6) is 0 Å². The van der Waals surface area contributed by atoms with Gasteiger partial charge in [0.2, 0.25) is 0 Å². The van der Waals surface area contributed by atoms with Crippen molar-refractivity contribution in [3.05, 3.63) is 0 Å². The van der Waals surface area contributed by atoms with E-state index in [1.807, 2.05) is 16.7 Å². The van der Waals surface area contributed by atoms with E-state index in [0.717, 1.165) is 13.1 Å². The predicted molar refractivity (Wildman–Crippen MR) is 68.6 cm³/mol. The molecule has 0 spiro atoms. The second-order valence-corrected chi connectivity index (χ2v) is 6.91. The van der Waals surface area contributed by atoms with Gasteiger partial charge in [-0.15, -0.1) is 0 Å². The largest absolute Gasteiger partial charge is 0.479 e. The van der Waals surface area contributed by atoms with Crippen LogP contribution in [0.1, 0.15) is 26.7 Å². The van der Waals surface area contributed by atoms with Gasteiger partial charge in [-0.05, 0) is 12.8 Å². The van der Waals surface area contributed by atoms with E-state index >= 15 is 0 Å². The van der Waals surface area contributed by atoms with Crippen LogP contribution in [0, 0.1) is 0 Å². The van der Waals surface area contributed by atoms with Crippen LogP contribution < -0.4 is 0 Å². The number of carboxylic acids is 1. The van der Waals surface area contributed by atoms with Crippen molar-refractivity contribution in [2.24, 2.45) is 0 Å². The molecule has 0 bridgehead atoms. The first-order valence-electron chi connectivity index (χ1n) is 6.30. The molecule has 18 heavy (non-hydrogen) atoms. The summed E-state index contributed by atoms with van der Waals surface area (Å²) in [5, 5.41) is 9.70. The number of carbonyl (C=O) groups is 2. The van der Waals surface area contributed by atoms with Crippen molar-refractivity contribution in [3.8, 4) is 0 Å². The third kappa shape index (κ3) is 2.98. The number of nitrogens with zero attached hydrogens (tertiary/aromatic N) is 1. The van der Waals surface area contributed by atoms with Gasteiger partial charge in [-0.1, -0.05) is 13.8 Å². The van der Waals surface area contributed by atoms with E-state index < -0.39 is 18.2 Å². The van der Waals surface area contributed by atoms with E-state index in [2.05, 4.69) is 13.8 Å². The molecule has 102 valence electrons. The van der Waals surface area contributed by atoms with Crippen molar-refractivity contribution in [3.63, 3.8) is 0 Å². The molecule has 1 N–H and O–H groups in total. The fourth-order valence-electron chi connectivity index (χ4n) is 2.56. The van der Waals surface area contributed by atoms with Gasteiger partial charge in [-0.25, -0.2) is 4.79 Å². The molecule has 2 rings (SSSR count). The Kier molecular flexibility index (Phi) is 4.17. The van der Waals surface area contributed by atoms with E-state index in [1.54, 1.807) is 0 Å². The molecule has 1 amide bonds. The van der Waals surface area contributed by atoms with Gasteiger partial charge in [-0.2, -0.15) is 11.8 Å². The summed E-state index contributed by atoms with van der Waals surface area (Å²) in [6, 6.07) is 0. The molecule has 0 radical (unpaired) electrons. The van der Waals surface area contributed by atoms with Gasteiger partial charge in [0.1, 0.15) is 6.10 Å². The number of thioether (sulfide) groups is 1. The topological polar surface area (TPSA) is 66.8 Å². The van der Waals surface area contributed by atoms with Crippen LogP contribution in [0.4, 0.5) is 0 Å². The molecule has 2 saturated heterocycles. The van der Waals surface area contributed by atoms with Crippen LogP contribution >= 0.6 is 11.8 Å². The number of rotatable bonds is 2. The molecule has 0 aromatic carbocycles. The van der Waals surface area contributed by atoms with Crippen LogP contribution in [0.2, 0.25) is 0 Å². The van der Waals surface area contributed by atoms with Crippen molar-refractivity contribution >= 4 is 23.6 Å². The molecule has 5 nitrogen and oxygen atoms in total. The summed E-state index contributed by atoms with van der Waals surface area (Å²) in [6.45, 7) is 5.67. The van der Waals surface area contributed by atoms with E-state index in [-0.39, 0.29) is 5.91 Å². The molecule has 4 unspecified atom stereocenters. The summed E-state index contributed by atoms with van der Waals surface area (Å²) in [4.78, 5) is 24.9. The van der Waals surface area contributed by atoms with Crippen molar-refractivity contribution < 1.29 is 19.4 Å². The van der Waals surface area contributed by atoms with E-state index in [4.69, 9.17) is 9.84 Å². The van der Waals surface area contributed by atoms with Crippen molar-refractivity contribution in [1.82, 2.24) is 4.90 Å². The van der Waals surface area contributed by atoms with Crippen molar-refractivity contribution in [2.45, 2.75) is 49.4 Å². The lowest BCUT2D eigenvalue weighted by atomic mass is 10.1. The smallest absolute Gasteiger partial charge is 0.332 e. The van der Waals surface area contributed by atoms with Crippen LogP contribution in [-0.4, -0.2) is 57.7 Å². The fourth-order valence-corrected chi connectivity index (χ4v) is 3.89. The molecule has 0 aromatic rings. The van der Waals surface area contributed by atoms with Gasteiger partial charge in [0.25, 0.3) is 5.91 Å². The lowest BCUT2D eigenvalue weighted by molar-refractivity contribution is -0.154. The Balaban J connectivity index is 1.93. The Labute approximate surface area is 111 Å². The molecule has 2 heterocycles. The normalized spacial score (nSPS) is 36.7. The minimum Gasteiger partial charge on any atom is -0.479 e. The number of hydrogen-bond acceptors (Lipinski definition) is 4. The first kappa shape index (κ1) is 13.7. The minimum absolute atomic E-state index is 0.0437. The number of amides is 1. The highest BCUT2D eigenvalue weighted by Gasteiger charge is 2.38. The Morgan fingerprint density at radius 3 is 2.22 bits per heavy atom. The number of hydrogen-bond donors (Lipinski definition) is 1. The van der Waals surface area contributed by atoms with Gasteiger partial charge in [0.15, 0.2) is 6.10 Å². The molecule has 0 aromatic heterocycles. The lowest BCUT2D eigenvalue weighted by Crippen LogP contribution is -2.48. The molecular weight excluding hydrogens is 254 g/mol. The summed E-state index contributed by atoms with van der Waals surface area (Å²) in [7, 11) is 0. The Hall–Kier alpha value is -0.750. The maximum atomic E-state index is 12.3. The lowest BCUT2D eigenvalue weighted by Gasteiger charge is -2.35. The molecule has 2 aliphatic heterocycles. The maximum absolute atomic E-state index is 12.3. The number of aliphatic carboxylic acids is 1. The van der Waals surface area contributed by atoms with Crippen LogP contribution in [0.25, 0.3) is 0 Å². The van der Waals surface area contributed by atoms with Gasteiger partial charge >= 0.3 is 5.97 Å². The molecule has 2 fully saturated rings. The SMILES string of the molecule is CC1CN(C(=O)C2CCC(C(=O)O)O2)CC(C)S1. The summed E-state index contributed by atoms with van der Waals surface area (Å²) in [5.41, 5.74) is 0. The zero-order valence-electron chi connectivity index (χ0n) is 10.7. The summed E-state index contributed by atoms with van der Waals surface area (Å²) in [5.74, 6) is -1.01. The first-order chi connectivity index (χ1) is 8.47. The standard InChI is InChI=1S/C12H19NO4S/c1-7-5-13(6-8(2)18-7)11(14)9-3-4-10(17-9)12(15)16/h7-10H,3-6H2,1-2H3,(H,15,16). The second-order valence-electron chi connectivity index (χ2n) is 5.03. The van der Waals surface area contributed by atoms with Crippen LogP contribution in [0.15, 0.2) is 0 Å². The van der Waals surface area contributed by atoms with E-state index in [0.29, 0.717) is 23.3 Å². The van der Waals surface area contributed by atoms with Gasteiger partial charge in [0, 0.05) is 23.6 Å². The molecule has 2 aliphatic rings. The predicted octanol–water partition coefficient (Wildman–Crippen LogP) is 0.971. The van der Waals surface area contributed by atoms with Gasteiger partial charge < -0.3 is 14.7 Å². The quantitative estimate of drug-likeness (QED) is 0.812. The number of ether oxygens (including phenoxy) is 1. The third-order valence-electron chi connectivity index (χ3n) is 3.30. The number of carbonyl (C=O) groups excluding carboxylic acids is 1. The Bertz CT molecular complexity index is 339. The minimum atomic E-state index is -0.971. The number of carboxylic acid groups (broad SMARTS) is 1. The molecule has 6 heteroatoms. The fraction of sp³-hybridized carbons (Fsp3) is 0.833. The van der Waals surface area contributed by atoms with Crippen LogP contribution in [0.3, 0.4) is 0 Å². The van der Waals surface area contributed by atoms with Gasteiger partial charge in [-0.3, -0.25) is 4.79 Å².